The van der Waals surface area contributed by atoms with E-state index >= 15 is 0 Å². The Morgan fingerprint density at radius 2 is 1.31 bits per heavy atom. The van der Waals surface area contributed by atoms with E-state index < -0.39 is 16.8 Å². The van der Waals surface area contributed by atoms with Gasteiger partial charge in [-0.3, -0.25) is 9.59 Å². The third-order valence-electron chi connectivity index (χ3n) is 5.37. The summed E-state index contributed by atoms with van der Waals surface area (Å²) < 4.78 is 4.88. The van der Waals surface area contributed by atoms with Gasteiger partial charge in [-0.1, -0.05) is 38.5 Å². The van der Waals surface area contributed by atoms with Crippen molar-refractivity contribution < 1.29 is 19.4 Å². The molecule has 0 spiro atoms. The monoisotopic (exact) mass is 362 g/mol. The van der Waals surface area contributed by atoms with E-state index in [-0.39, 0.29) is 18.8 Å². The van der Waals surface area contributed by atoms with Crippen molar-refractivity contribution in [2.45, 2.75) is 84.0 Å². The molecule has 0 heterocycles. The Kier molecular flexibility index (Phi) is 9.13. The number of carbonyl (C=O) groups is 2. The second-order valence-electron chi connectivity index (χ2n) is 7.46. The van der Waals surface area contributed by atoms with Gasteiger partial charge in [0.25, 0.3) is 0 Å². The molecule has 6 heteroatoms. The SMILES string of the molecule is CCOC(=O)CC1(C#N)CCCCC1.N#CC1(CC(=O)O)CCCCC1. The molecule has 6 nitrogen and oxygen atoms in total. The Balaban J connectivity index is 0.000000263. The molecule has 2 aliphatic carbocycles. The summed E-state index contributed by atoms with van der Waals surface area (Å²) in [6.07, 6.45) is 9.97. The summed E-state index contributed by atoms with van der Waals surface area (Å²) in [7, 11) is 0. The van der Waals surface area contributed by atoms with Crippen molar-refractivity contribution in [3.05, 3.63) is 0 Å². The zero-order valence-electron chi connectivity index (χ0n) is 15.8. The highest BCUT2D eigenvalue weighted by atomic mass is 16.5. The second-order valence-corrected chi connectivity index (χ2v) is 7.46. The molecule has 2 saturated carbocycles. The van der Waals surface area contributed by atoms with Crippen molar-refractivity contribution in [2.75, 3.05) is 6.61 Å². The first-order valence-corrected chi connectivity index (χ1v) is 9.61. The van der Waals surface area contributed by atoms with Crippen LogP contribution in [0.1, 0.15) is 84.0 Å². The van der Waals surface area contributed by atoms with Gasteiger partial charge in [0, 0.05) is 0 Å². The van der Waals surface area contributed by atoms with Crippen LogP contribution in [-0.2, 0) is 14.3 Å². The van der Waals surface area contributed by atoms with Gasteiger partial charge in [-0.25, -0.2) is 0 Å². The van der Waals surface area contributed by atoms with E-state index in [1.807, 2.05) is 0 Å². The smallest absolute Gasteiger partial charge is 0.307 e. The number of esters is 1. The van der Waals surface area contributed by atoms with E-state index in [2.05, 4.69) is 12.1 Å². The molecule has 0 aromatic rings. The lowest BCUT2D eigenvalue weighted by Crippen LogP contribution is -2.26. The average Bonchev–Trinajstić information content (AvgIpc) is 2.63. The highest BCUT2D eigenvalue weighted by molar-refractivity contribution is 5.70. The summed E-state index contributed by atoms with van der Waals surface area (Å²) in [6, 6.07) is 4.47. The van der Waals surface area contributed by atoms with Gasteiger partial charge in [-0.2, -0.15) is 10.5 Å². The molecule has 0 radical (unpaired) electrons. The summed E-state index contributed by atoms with van der Waals surface area (Å²) in [5, 5.41) is 26.6. The Bertz CT molecular complexity index is 547. The van der Waals surface area contributed by atoms with Crippen molar-refractivity contribution in [1.82, 2.24) is 0 Å². The number of carbonyl (C=O) groups excluding carboxylic acids is 1. The fraction of sp³-hybridized carbons (Fsp3) is 0.800. The molecule has 144 valence electrons. The lowest BCUT2D eigenvalue weighted by molar-refractivity contribution is -0.145. The van der Waals surface area contributed by atoms with E-state index in [1.165, 1.54) is 6.42 Å². The van der Waals surface area contributed by atoms with Gasteiger partial charge < -0.3 is 9.84 Å². The van der Waals surface area contributed by atoms with E-state index in [0.717, 1.165) is 57.8 Å². The van der Waals surface area contributed by atoms with Crippen LogP contribution < -0.4 is 0 Å². The first-order chi connectivity index (χ1) is 12.4. The van der Waals surface area contributed by atoms with Gasteiger partial charge in [0.2, 0.25) is 0 Å². The molecule has 2 rings (SSSR count). The number of ether oxygens (including phenoxy) is 1. The molecule has 0 aliphatic heterocycles. The zero-order valence-corrected chi connectivity index (χ0v) is 15.8. The first-order valence-electron chi connectivity index (χ1n) is 9.61. The van der Waals surface area contributed by atoms with Crippen molar-refractivity contribution in [2.24, 2.45) is 10.8 Å². The van der Waals surface area contributed by atoms with E-state index in [1.54, 1.807) is 6.92 Å². The molecule has 0 unspecified atom stereocenters. The molecule has 1 N–H and O–H groups in total. The standard InChI is InChI=1S/C11H17NO2.C9H13NO2/c1-2-14-10(13)8-11(9-12)6-4-3-5-7-11;10-7-9(6-8(11)12)4-2-1-3-5-9/h2-8H2,1H3;1-6H2,(H,11,12). The van der Waals surface area contributed by atoms with Crippen molar-refractivity contribution in [3.63, 3.8) is 0 Å². The topological polar surface area (TPSA) is 111 Å². The third kappa shape index (κ3) is 7.04. The molecule has 0 amide bonds. The molecule has 0 bridgehead atoms. The largest absolute Gasteiger partial charge is 0.481 e. The highest BCUT2D eigenvalue weighted by Gasteiger charge is 2.35. The Labute approximate surface area is 156 Å². The van der Waals surface area contributed by atoms with Gasteiger partial charge in [-0.05, 0) is 32.6 Å². The fourth-order valence-corrected chi connectivity index (χ4v) is 3.89. The Morgan fingerprint density at radius 1 is 0.885 bits per heavy atom. The summed E-state index contributed by atoms with van der Waals surface area (Å²) in [6.45, 7) is 2.19. The minimum absolute atomic E-state index is 0.0174. The summed E-state index contributed by atoms with van der Waals surface area (Å²) in [4.78, 5) is 21.8. The van der Waals surface area contributed by atoms with Crippen LogP contribution in [0.5, 0.6) is 0 Å². The molecule has 26 heavy (non-hydrogen) atoms. The summed E-state index contributed by atoms with van der Waals surface area (Å²) >= 11 is 0. The van der Waals surface area contributed by atoms with Gasteiger partial charge in [0.05, 0.1) is 42.4 Å². The van der Waals surface area contributed by atoms with Crippen LogP contribution in [0.25, 0.3) is 0 Å². The normalized spacial score (nSPS) is 20.4. The van der Waals surface area contributed by atoms with Crippen LogP contribution in [0.4, 0.5) is 0 Å². The molecule has 0 saturated heterocycles. The number of hydrogen-bond donors (Lipinski definition) is 1. The molecule has 2 aliphatic rings. The number of nitrogens with zero attached hydrogens (tertiary/aromatic N) is 2. The summed E-state index contributed by atoms with van der Waals surface area (Å²) in [5.41, 5.74) is -0.978. The molecule has 0 aromatic heterocycles. The number of hydrogen-bond acceptors (Lipinski definition) is 5. The Morgan fingerprint density at radius 3 is 1.65 bits per heavy atom. The van der Waals surface area contributed by atoms with Crippen LogP contribution in [0.3, 0.4) is 0 Å². The lowest BCUT2D eigenvalue weighted by Gasteiger charge is -2.29. The molecule has 0 aromatic carbocycles. The van der Waals surface area contributed by atoms with Gasteiger partial charge in [-0.15, -0.1) is 0 Å². The lowest BCUT2D eigenvalue weighted by atomic mass is 9.73. The van der Waals surface area contributed by atoms with Crippen LogP contribution in [0.15, 0.2) is 0 Å². The van der Waals surface area contributed by atoms with Crippen LogP contribution in [0.2, 0.25) is 0 Å². The average molecular weight is 362 g/mol. The van der Waals surface area contributed by atoms with Crippen molar-refractivity contribution in [1.29, 1.82) is 10.5 Å². The molecular weight excluding hydrogens is 332 g/mol. The van der Waals surface area contributed by atoms with Gasteiger partial charge in [0.1, 0.15) is 0 Å². The highest BCUT2D eigenvalue weighted by Crippen LogP contribution is 2.39. The Hall–Kier alpha value is -2.08. The number of nitriles is 2. The van der Waals surface area contributed by atoms with Crippen LogP contribution in [0, 0.1) is 33.5 Å². The van der Waals surface area contributed by atoms with E-state index in [0.29, 0.717) is 6.61 Å². The fourth-order valence-electron chi connectivity index (χ4n) is 3.89. The number of carboxylic acid groups (broad SMARTS) is 1. The quantitative estimate of drug-likeness (QED) is 0.728. The second kappa shape index (κ2) is 10.8. The maximum absolute atomic E-state index is 11.3. The predicted molar refractivity (Wildman–Crippen MR) is 95.8 cm³/mol. The predicted octanol–water partition coefficient (Wildman–Crippen LogP) is 4.35. The maximum atomic E-state index is 11.3. The number of rotatable bonds is 5. The number of aliphatic carboxylic acids is 1. The number of carboxylic acids is 1. The zero-order chi connectivity index (χ0) is 19.5. The molecule has 2 fully saturated rings. The summed E-state index contributed by atoms with van der Waals surface area (Å²) in [5.74, 6) is -1.07. The third-order valence-corrected chi connectivity index (χ3v) is 5.37. The van der Waals surface area contributed by atoms with Crippen molar-refractivity contribution in [3.8, 4) is 12.1 Å². The van der Waals surface area contributed by atoms with Crippen molar-refractivity contribution >= 4 is 11.9 Å². The minimum Gasteiger partial charge on any atom is -0.481 e. The van der Waals surface area contributed by atoms with Crippen LogP contribution >= 0.6 is 0 Å². The van der Waals surface area contributed by atoms with Crippen LogP contribution in [-0.4, -0.2) is 23.7 Å². The minimum atomic E-state index is -0.849. The van der Waals surface area contributed by atoms with Gasteiger partial charge >= 0.3 is 11.9 Å². The van der Waals surface area contributed by atoms with E-state index in [9.17, 15) is 9.59 Å². The maximum Gasteiger partial charge on any atom is 0.307 e. The molecular formula is C20H30N2O4. The molecule has 0 atom stereocenters. The first kappa shape index (κ1) is 22.0. The van der Waals surface area contributed by atoms with Gasteiger partial charge in [0.15, 0.2) is 0 Å². The van der Waals surface area contributed by atoms with E-state index in [4.69, 9.17) is 20.4 Å².